The number of benzene rings is 1. The van der Waals surface area contributed by atoms with Crippen LogP contribution in [-0.4, -0.2) is 16.0 Å². The van der Waals surface area contributed by atoms with Gasteiger partial charge in [0, 0.05) is 17.7 Å². The van der Waals surface area contributed by atoms with Crippen molar-refractivity contribution in [1.82, 2.24) is 10.1 Å². The predicted octanol–water partition coefficient (Wildman–Crippen LogP) is 2.78. The van der Waals surface area contributed by atoms with Crippen molar-refractivity contribution in [2.24, 2.45) is 0 Å². The van der Waals surface area contributed by atoms with E-state index in [1.807, 2.05) is 31.2 Å². The Morgan fingerprint density at radius 2 is 2.28 bits per heavy atom. The summed E-state index contributed by atoms with van der Waals surface area (Å²) in [4.78, 5) is 15.6. The van der Waals surface area contributed by atoms with E-state index in [1.54, 1.807) is 6.92 Å². The van der Waals surface area contributed by atoms with Crippen molar-refractivity contribution in [2.45, 2.75) is 26.7 Å². The molecule has 18 heavy (non-hydrogen) atoms. The van der Waals surface area contributed by atoms with E-state index in [9.17, 15) is 4.79 Å². The standard InChI is InChI=1S/C13H15N3O2/c1-3-5-12(17)15-11-7-4-6-10(8-11)13-14-9(2)16-18-13/h4,6-8H,3,5H2,1-2H3,(H,15,17). The normalized spacial score (nSPS) is 10.3. The molecule has 0 radical (unpaired) electrons. The Morgan fingerprint density at radius 3 is 2.94 bits per heavy atom. The van der Waals surface area contributed by atoms with Gasteiger partial charge in [0.2, 0.25) is 5.91 Å². The Labute approximate surface area is 105 Å². The Bertz CT molecular complexity index is 549. The lowest BCUT2D eigenvalue weighted by Crippen LogP contribution is -2.10. The second kappa shape index (κ2) is 5.44. The van der Waals surface area contributed by atoms with Crippen molar-refractivity contribution >= 4 is 11.6 Å². The summed E-state index contributed by atoms with van der Waals surface area (Å²) in [6.07, 6.45) is 1.35. The molecule has 0 fully saturated rings. The third kappa shape index (κ3) is 2.94. The van der Waals surface area contributed by atoms with Crippen molar-refractivity contribution in [3.63, 3.8) is 0 Å². The van der Waals surface area contributed by atoms with Gasteiger partial charge in [-0.3, -0.25) is 4.79 Å². The van der Waals surface area contributed by atoms with Crippen molar-refractivity contribution in [2.75, 3.05) is 5.32 Å². The average molecular weight is 245 g/mol. The molecule has 0 aliphatic carbocycles. The third-order valence-electron chi connectivity index (χ3n) is 2.40. The van der Waals surface area contributed by atoms with Crippen LogP contribution < -0.4 is 5.32 Å². The van der Waals surface area contributed by atoms with Crippen LogP contribution in [0, 0.1) is 6.92 Å². The van der Waals surface area contributed by atoms with Crippen LogP contribution in [-0.2, 0) is 4.79 Å². The number of amides is 1. The summed E-state index contributed by atoms with van der Waals surface area (Å²) in [5.41, 5.74) is 1.53. The van der Waals surface area contributed by atoms with E-state index >= 15 is 0 Å². The van der Waals surface area contributed by atoms with Crippen molar-refractivity contribution < 1.29 is 9.32 Å². The topological polar surface area (TPSA) is 68.0 Å². The summed E-state index contributed by atoms with van der Waals surface area (Å²) in [7, 11) is 0. The Hall–Kier alpha value is -2.17. The zero-order valence-electron chi connectivity index (χ0n) is 10.4. The molecular weight excluding hydrogens is 230 g/mol. The van der Waals surface area contributed by atoms with Gasteiger partial charge in [-0.1, -0.05) is 18.1 Å². The van der Waals surface area contributed by atoms with Gasteiger partial charge in [-0.15, -0.1) is 0 Å². The molecule has 2 aromatic rings. The lowest BCUT2D eigenvalue weighted by molar-refractivity contribution is -0.116. The largest absolute Gasteiger partial charge is 0.334 e. The highest BCUT2D eigenvalue weighted by molar-refractivity contribution is 5.91. The van der Waals surface area contributed by atoms with Gasteiger partial charge in [0.05, 0.1) is 0 Å². The number of carbonyl (C=O) groups is 1. The Morgan fingerprint density at radius 1 is 1.44 bits per heavy atom. The van der Waals surface area contributed by atoms with Crippen LogP contribution in [0.4, 0.5) is 5.69 Å². The Balaban J connectivity index is 2.17. The SMILES string of the molecule is CCCC(=O)Nc1cccc(-c2nc(C)no2)c1. The molecule has 0 atom stereocenters. The van der Waals surface area contributed by atoms with Crippen LogP contribution in [0.5, 0.6) is 0 Å². The summed E-state index contributed by atoms with van der Waals surface area (Å²) < 4.78 is 5.08. The minimum Gasteiger partial charge on any atom is -0.334 e. The molecule has 0 saturated heterocycles. The molecule has 0 spiro atoms. The molecule has 1 N–H and O–H groups in total. The van der Waals surface area contributed by atoms with Crippen LogP contribution >= 0.6 is 0 Å². The van der Waals surface area contributed by atoms with Gasteiger partial charge in [-0.2, -0.15) is 4.98 Å². The molecule has 0 bridgehead atoms. The van der Waals surface area contributed by atoms with Crippen LogP contribution in [0.15, 0.2) is 28.8 Å². The van der Waals surface area contributed by atoms with Crippen LogP contribution in [0.1, 0.15) is 25.6 Å². The number of carbonyl (C=O) groups excluding carboxylic acids is 1. The lowest BCUT2D eigenvalue weighted by atomic mass is 10.2. The summed E-state index contributed by atoms with van der Waals surface area (Å²) in [6, 6.07) is 7.36. The summed E-state index contributed by atoms with van der Waals surface area (Å²) in [6.45, 7) is 3.73. The molecule has 1 aromatic carbocycles. The highest BCUT2D eigenvalue weighted by Gasteiger charge is 2.07. The van der Waals surface area contributed by atoms with E-state index < -0.39 is 0 Å². The maximum absolute atomic E-state index is 11.5. The van der Waals surface area contributed by atoms with E-state index in [1.165, 1.54) is 0 Å². The van der Waals surface area contributed by atoms with Gasteiger partial charge >= 0.3 is 0 Å². The summed E-state index contributed by atoms with van der Waals surface area (Å²) >= 11 is 0. The smallest absolute Gasteiger partial charge is 0.257 e. The average Bonchev–Trinajstić information content (AvgIpc) is 2.76. The number of nitrogens with one attached hydrogen (secondary N) is 1. The van der Waals surface area contributed by atoms with Crippen LogP contribution in [0.2, 0.25) is 0 Å². The number of aromatic nitrogens is 2. The number of anilines is 1. The lowest BCUT2D eigenvalue weighted by Gasteiger charge is -2.04. The van der Waals surface area contributed by atoms with Gasteiger partial charge in [-0.05, 0) is 31.5 Å². The van der Waals surface area contributed by atoms with E-state index in [4.69, 9.17) is 4.52 Å². The third-order valence-corrected chi connectivity index (χ3v) is 2.40. The fraction of sp³-hybridized carbons (Fsp3) is 0.308. The minimum absolute atomic E-state index is 0.0105. The molecule has 2 rings (SSSR count). The number of rotatable bonds is 4. The van der Waals surface area contributed by atoms with Crippen molar-refractivity contribution in [3.8, 4) is 11.5 Å². The molecule has 5 nitrogen and oxygen atoms in total. The first-order valence-corrected chi connectivity index (χ1v) is 5.89. The highest BCUT2D eigenvalue weighted by Crippen LogP contribution is 2.21. The molecule has 94 valence electrons. The first-order chi connectivity index (χ1) is 8.69. The Kier molecular flexibility index (Phi) is 3.72. The van der Waals surface area contributed by atoms with Gasteiger partial charge in [0.15, 0.2) is 5.82 Å². The maximum atomic E-state index is 11.5. The monoisotopic (exact) mass is 245 g/mol. The maximum Gasteiger partial charge on any atom is 0.257 e. The van der Waals surface area contributed by atoms with Crippen molar-refractivity contribution in [1.29, 1.82) is 0 Å². The zero-order valence-corrected chi connectivity index (χ0v) is 10.4. The minimum atomic E-state index is 0.0105. The van der Waals surface area contributed by atoms with Gasteiger partial charge in [0.1, 0.15) is 0 Å². The number of hydrogen-bond donors (Lipinski definition) is 1. The molecule has 0 aliphatic heterocycles. The van der Waals surface area contributed by atoms with E-state index in [-0.39, 0.29) is 5.91 Å². The predicted molar refractivity (Wildman–Crippen MR) is 68.0 cm³/mol. The summed E-state index contributed by atoms with van der Waals surface area (Å²) in [5, 5.41) is 6.57. The van der Waals surface area contributed by atoms with E-state index in [2.05, 4.69) is 15.5 Å². The van der Waals surface area contributed by atoms with Crippen LogP contribution in [0.3, 0.4) is 0 Å². The number of hydrogen-bond acceptors (Lipinski definition) is 4. The first-order valence-electron chi connectivity index (χ1n) is 5.89. The highest BCUT2D eigenvalue weighted by atomic mass is 16.5. The second-order valence-electron chi connectivity index (χ2n) is 4.03. The van der Waals surface area contributed by atoms with Gasteiger partial charge in [-0.25, -0.2) is 0 Å². The van der Waals surface area contributed by atoms with Crippen molar-refractivity contribution in [3.05, 3.63) is 30.1 Å². The molecule has 0 unspecified atom stereocenters. The van der Waals surface area contributed by atoms with E-state index in [0.717, 1.165) is 17.7 Å². The molecular formula is C13H15N3O2. The molecule has 0 aliphatic rings. The number of aryl methyl sites for hydroxylation is 1. The first kappa shape index (κ1) is 12.3. The molecule has 5 heteroatoms. The fourth-order valence-electron chi connectivity index (χ4n) is 1.59. The zero-order chi connectivity index (χ0) is 13.0. The van der Waals surface area contributed by atoms with Crippen LogP contribution in [0.25, 0.3) is 11.5 Å². The number of nitrogens with zero attached hydrogens (tertiary/aromatic N) is 2. The van der Waals surface area contributed by atoms with Gasteiger partial charge < -0.3 is 9.84 Å². The molecule has 1 heterocycles. The van der Waals surface area contributed by atoms with E-state index in [0.29, 0.717) is 18.1 Å². The molecule has 1 aromatic heterocycles. The quantitative estimate of drug-likeness (QED) is 0.899. The molecule has 1 amide bonds. The summed E-state index contributed by atoms with van der Waals surface area (Å²) in [5.74, 6) is 1.06. The second-order valence-corrected chi connectivity index (χ2v) is 4.03. The fourth-order valence-corrected chi connectivity index (χ4v) is 1.59. The molecule has 0 saturated carbocycles. The van der Waals surface area contributed by atoms with Gasteiger partial charge in [0.25, 0.3) is 5.89 Å².